The van der Waals surface area contributed by atoms with Crippen LogP contribution in [0.2, 0.25) is 0 Å². The second-order valence-corrected chi connectivity index (χ2v) is 4.24. The molecule has 0 aliphatic carbocycles. The Morgan fingerprint density at radius 3 is 3.10 bits per heavy atom. The fraction of sp³-hybridized carbons (Fsp3) is 0.462. The van der Waals surface area contributed by atoms with Crippen molar-refractivity contribution in [2.45, 2.75) is 13.0 Å². The van der Waals surface area contributed by atoms with Crippen LogP contribution in [0, 0.1) is 0 Å². The topological polar surface area (TPSA) is 89.0 Å². The van der Waals surface area contributed by atoms with Gasteiger partial charge in [0.15, 0.2) is 6.10 Å². The van der Waals surface area contributed by atoms with Gasteiger partial charge in [-0.05, 0) is 19.1 Å². The lowest BCUT2D eigenvalue weighted by Gasteiger charge is -2.31. The standard InChI is InChI=1S/C13H16N2O5/c1-2-19-11-9(4-3-5-14-11)12(16)15-6-7-20-10(8-15)13(17)18/h3-5,10H,2,6-8H2,1H3,(H,17,18). The predicted molar refractivity (Wildman–Crippen MR) is 68.7 cm³/mol. The number of pyridine rings is 1. The zero-order chi connectivity index (χ0) is 14.5. The molecule has 1 N–H and O–H groups in total. The molecular formula is C13H16N2O5. The minimum atomic E-state index is -1.07. The van der Waals surface area contributed by atoms with E-state index in [1.54, 1.807) is 25.3 Å². The second kappa shape index (κ2) is 6.33. The number of carbonyl (C=O) groups excluding carboxylic acids is 1. The number of aliphatic carboxylic acids is 1. The third-order valence-corrected chi connectivity index (χ3v) is 2.91. The molecule has 1 fully saturated rings. The number of nitrogens with zero attached hydrogens (tertiary/aromatic N) is 2. The number of morpholine rings is 1. The molecule has 1 amide bonds. The summed E-state index contributed by atoms with van der Waals surface area (Å²) in [5.74, 6) is -1.10. The van der Waals surface area contributed by atoms with Gasteiger partial charge in [0, 0.05) is 12.7 Å². The van der Waals surface area contributed by atoms with Gasteiger partial charge in [-0.1, -0.05) is 0 Å². The lowest BCUT2D eigenvalue weighted by molar-refractivity contribution is -0.154. The molecule has 0 spiro atoms. The van der Waals surface area contributed by atoms with Gasteiger partial charge in [-0.15, -0.1) is 0 Å². The zero-order valence-electron chi connectivity index (χ0n) is 11.1. The molecular weight excluding hydrogens is 264 g/mol. The minimum Gasteiger partial charge on any atom is -0.479 e. The molecule has 1 aromatic heterocycles. The second-order valence-electron chi connectivity index (χ2n) is 4.24. The third-order valence-electron chi connectivity index (χ3n) is 2.91. The van der Waals surface area contributed by atoms with E-state index in [0.717, 1.165) is 0 Å². The van der Waals surface area contributed by atoms with Crippen LogP contribution in [0.5, 0.6) is 5.88 Å². The molecule has 7 nitrogen and oxygen atoms in total. The Balaban J connectivity index is 2.16. The monoisotopic (exact) mass is 280 g/mol. The molecule has 1 saturated heterocycles. The Bertz CT molecular complexity index is 505. The van der Waals surface area contributed by atoms with Crippen LogP contribution in [-0.4, -0.2) is 59.3 Å². The Hall–Kier alpha value is -2.15. The van der Waals surface area contributed by atoms with Gasteiger partial charge in [0.1, 0.15) is 5.56 Å². The average molecular weight is 280 g/mol. The molecule has 1 aliphatic rings. The van der Waals surface area contributed by atoms with Crippen molar-refractivity contribution in [3.63, 3.8) is 0 Å². The summed E-state index contributed by atoms with van der Waals surface area (Å²) >= 11 is 0. The Morgan fingerprint density at radius 1 is 1.60 bits per heavy atom. The highest BCUT2D eigenvalue weighted by atomic mass is 16.5. The van der Waals surface area contributed by atoms with Crippen LogP contribution in [-0.2, 0) is 9.53 Å². The van der Waals surface area contributed by atoms with Crippen LogP contribution in [0.15, 0.2) is 18.3 Å². The SMILES string of the molecule is CCOc1ncccc1C(=O)N1CCOC(C(=O)O)C1. The quantitative estimate of drug-likeness (QED) is 0.859. The summed E-state index contributed by atoms with van der Waals surface area (Å²) in [5, 5.41) is 8.95. The number of hydrogen-bond donors (Lipinski definition) is 1. The molecule has 20 heavy (non-hydrogen) atoms. The zero-order valence-corrected chi connectivity index (χ0v) is 11.1. The lowest BCUT2D eigenvalue weighted by atomic mass is 10.2. The van der Waals surface area contributed by atoms with E-state index in [0.29, 0.717) is 18.7 Å². The first-order chi connectivity index (χ1) is 9.63. The molecule has 1 aliphatic heterocycles. The molecule has 7 heteroatoms. The van der Waals surface area contributed by atoms with Crippen LogP contribution in [0.4, 0.5) is 0 Å². The average Bonchev–Trinajstić information content (AvgIpc) is 2.47. The summed E-state index contributed by atoms with van der Waals surface area (Å²) in [6, 6.07) is 3.26. The van der Waals surface area contributed by atoms with Crippen molar-refractivity contribution in [2.24, 2.45) is 0 Å². The number of carbonyl (C=O) groups is 2. The summed E-state index contributed by atoms with van der Waals surface area (Å²) in [6.45, 7) is 2.78. The molecule has 0 saturated carbocycles. The molecule has 1 atom stereocenters. The number of hydrogen-bond acceptors (Lipinski definition) is 5. The van der Waals surface area contributed by atoms with E-state index in [-0.39, 0.29) is 24.9 Å². The highest BCUT2D eigenvalue weighted by molar-refractivity contribution is 5.96. The van der Waals surface area contributed by atoms with Crippen molar-refractivity contribution in [2.75, 3.05) is 26.3 Å². The van der Waals surface area contributed by atoms with E-state index in [1.807, 2.05) is 0 Å². The first-order valence-corrected chi connectivity index (χ1v) is 6.35. The van der Waals surface area contributed by atoms with Gasteiger partial charge in [0.2, 0.25) is 5.88 Å². The third kappa shape index (κ3) is 3.05. The van der Waals surface area contributed by atoms with Crippen LogP contribution in [0.1, 0.15) is 17.3 Å². The van der Waals surface area contributed by atoms with Gasteiger partial charge >= 0.3 is 5.97 Å². The summed E-state index contributed by atoms with van der Waals surface area (Å²) in [7, 11) is 0. The molecule has 2 rings (SSSR count). The van der Waals surface area contributed by atoms with Crippen LogP contribution < -0.4 is 4.74 Å². The van der Waals surface area contributed by atoms with Crippen molar-refractivity contribution in [3.05, 3.63) is 23.9 Å². The summed E-state index contributed by atoms with van der Waals surface area (Å²) in [5.41, 5.74) is 0.334. The van der Waals surface area contributed by atoms with Gasteiger partial charge in [-0.2, -0.15) is 0 Å². The van der Waals surface area contributed by atoms with Gasteiger partial charge in [0.25, 0.3) is 5.91 Å². The van der Waals surface area contributed by atoms with Crippen molar-refractivity contribution < 1.29 is 24.2 Å². The molecule has 0 radical (unpaired) electrons. The Morgan fingerprint density at radius 2 is 2.40 bits per heavy atom. The first kappa shape index (κ1) is 14.3. The molecule has 108 valence electrons. The van der Waals surface area contributed by atoms with Gasteiger partial charge < -0.3 is 19.5 Å². The van der Waals surface area contributed by atoms with Crippen LogP contribution >= 0.6 is 0 Å². The van der Waals surface area contributed by atoms with Gasteiger partial charge in [-0.3, -0.25) is 4.79 Å². The molecule has 0 aromatic carbocycles. The van der Waals surface area contributed by atoms with Gasteiger partial charge in [0.05, 0.1) is 19.8 Å². The fourth-order valence-electron chi connectivity index (χ4n) is 1.96. The van der Waals surface area contributed by atoms with Gasteiger partial charge in [-0.25, -0.2) is 9.78 Å². The van der Waals surface area contributed by atoms with E-state index in [1.165, 1.54) is 4.90 Å². The molecule has 2 heterocycles. The number of carboxylic acid groups (broad SMARTS) is 1. The van der Waals surface area contributed by atoms with Crippen LogP contribution in [0.3, 0.4) is 0 Å². The predicted octanol–water partition coefficient (Wildman–Crippen LogP) is 0.406. The Kier molecular flexibility index (Phi) is 4.52. The highest BCUT2D eigenvalue weighted by Gasteiger charge is 2.30. The van der Waals surface area contributed by atoms with Crippen molar-refractivity contribution in [3.8, 4) is 5.88 Å². The highest BCUT2D eigenvalue weighted by Crippen LogP contribution is 2.18. The van der Waals surface area contributed by atoms with E-state index in [4.69, 9.17) is 14.6 Å². The number of amides is 1. The molecule has 0 bridgehead atoms. The molecule has 1 aromatic rings. The smallest absolute Gasteiger partial charge is 0.334 e. The fourth-order valence-corrected chi connectivity index (χ4v) is 1.96. The maximum Gasteiger partial charge on any atom is 0.334 e. The first-order valence-electron chi connectivity index (χ1n) is 6.35. The lowest BCUT2D eigenvalue weighted by Crippen LogP contribution is -2.48. The normalized spacial score (nSPS) is 18.6. The Labute approximate surface area is 116 Å². The minimum absolute atomic E-state index is 0.0224. The van der Waals surface area contributed by atoms with E-state index in [2.05, 4.69) is 4.98 Å². The number of ether oxygens (including phenoxy) is 2. The molecule has 1 unspecified atom stereocenters. The van der Waals surface area contributed by atoms with Crippen molar-refractivity contribution >= 4 is 11.9 Å². The summed E-state index contributed by atoms with van der Waals surface area (Å²) in [6.07, 6.45) is 0.557. The van der Waals surface area contributed by atoms with E-state index < -0.39 is 12.1 Å². The van der Waals surface area contributed by atoms with Crippen LogP contribution in [0.25, 0.3) is 0 Å². The number of aromatic nitrogens is 1. The summed E-state index contributed by atoms with van der Waals surface area (Å²) < 4.78 is 10.4. The van der Waals surface area contributed by atoms with E-state index >= 15 is 0 Å². The number of carboxylic acids is 1. The maximum absolute atomic E-state index is 12.4. The number of rotatable bonds is 4. The van der Waals surface area contributed by atoms with E-state index in [9.17, 15) is 9.59 Å². The maximum atomic E-state index is 12.4. The van der Waals surface area contributed by atoms with Crippen molar-refractivity contribution in [1.82, 2.24) is 9.88 Å². The summed E-state index contributed by atoms with van der Waals surface area (Å²) in [4.78, 5) is 28.8. The van der Waals surface area contributed by atoms with Crippen molar-refractivity contribution in [1.29, 1.82) is 0 Å². The largest absolute Gasteiger partial charge is 0.479 e.